The van der Waals surface area contributed by atoms with Gasteiger partial charge in [0.2, 0.25) is 0 Å². The summed E-state index contributed by atoms with van der Waals surface area (Å²) in [5, 5.41) is 9.13. The van der Waals surface area contributed by atoms with Crippen LogP contribution < -0.4 is 5.69 Å². The first-order chi connectivity index (χ1) is 9.54. The Morgan fingerprint density at radius 1 is 1.38 bits per heavy atom. The lowest BCUT2D eigenvalue weighted by Crippen LogP contribution is -2.30. The summed E-state index contributed by atoms with van der Waals surface area (Å²) in [5.74, 6) is -1.81. The van der Waals surface area contributed by atoms with Crippen molar-refractivity contribution in [1.82, 2.24) is 9.55 Å². The molecule has 1 heterocycles. The number of hydrogen-bond donors (Lipinski definition) is 1. The van der Waals surface area contributed by atoms with Crippen molar-refractivity contribution in [3.63, 3.8) is 0 Å². The highest BCUT2D eigenvalue weighted by Gasteiger charge is 2.22. The average molecular weight is 316 g/mol. The van der Waals surface area contributed by atoms with Crippen LogP contribution in [0.2, 0.25) is 0 Å². The van der Waals surface area contributed by atoms with Crippen LogP contribution in [0.1, 0.15) is 36.2 Å². The number of carboxylic acid groups (broad SMARTS) is 1. The molecule has 7 nitrogen and oxygen atoms in total. The Morgan fingerprint density at radius 2 is 1.95 bits per heavy atom. The van der Waals surface area contributed by atoms with Gasteiger partial charge in [0.1, 0.15) is 9.84 Å². The van der Waals surface area contributed by atoms with Crippen LogP contribution in [0.15, 0.2) is 4.79 Å². The summed E-state index contributed by atoms with van der Waals surface area (Å²) in [5.41, 5.74) is 0.934. The lowest BCUT2D eigenvalue weighted by Gasteiger charge is -2.17. The van der Waals surface area contributed by atoms with Crippen molar-refractivity contribution < 1.29 is 18.3 Å². The fourth-order valence-corrected chi connectivity index (χ4v) is 2.97. The van der Waals surface area contributed by atoms with E-state index in [2.05, 4.69) is 4.98 Å². The van der Waals surface area contributed by atoms with Crippen molar-refractivity contribution in [2.45, 2.75) is 39.7 Å². The minimum atomic E-state index is -3.10. The van der Waals surface area contributed by atoms with Gasteiger partial charge in [0.15, 0.2) is 0 Å². The number of hydrogen-bond acceptors (Lipinski definition) is 5. The molecule has 0 saturated heterocycles. The van der Waals surface area contributed by atoms with Gasteiger partial charge >= 0.3 is 11.7 Å². The maximum absolute atomic E-state index is 11.9. The third-order valence-electron chi connectivity index (χ3n) is 3.38. The van der Waals surface area contributed by atoms with Gasteiger partial charge in [-0.1, -0.05) is 0 Å². The first-order valence-electron chi connectivity index (χ1n) is 6.53. The summed E-state index contributed by atoms with van der Waals surface area (Å²) < 4.78 is 23.6. The third kappa shape index (κ3) is 4.38. The van der Waals surface area contributed by atoms with Gasteiger partial charge in [0.25, 0.3) is 0 Å². The van der Waals surface area contributed by atoms with E-state index in [1.807, 2.05) is 0 Å². The summed E-state index contributed by atoms with van der Waals surface area (Å²) in [4.78, 5) is 26.9. The molecule has 8 heteroatoms. The van der Waals surface area contributed by atoms with E-state index in [0.717, 1.165) is 6.26 Å². The number of aryl methyl sites for hydroxylation is 1. The first-order valence-corrected chi connectivity index (χ1v) is 8.59. The molecule has 1 aromatic rings. The second-order valence-corrected chi connectivity index (χ2v) is 7.43. The minimum Gasteiger partial charge on any atom is -0.481 e. The summed E-state index contributed by atoms with van der Waals surface area (Å²) in [7, 11) is -3.10. The van der Waals surface area contributed by atoms with Crippen LogP contribution in [0.3, 0.4) is 0 Å². The number of aliphatic carboxylic acids is 1. The SMILES string of the molecule is Cc1nc(=O)n(CCCS(C)(=O)=O)c(C)c1C(C)C(=O)O. The molecule has 1 unspecified atom stereocenters. The predicted octanol–water partition coefficient (Wildman–Crippen LogP) is 0.483. The van der Waals surface area contributed by atoms with Crippen LogP contribution in [-0.4, -0.2) is 41.1 Å². The summed E-state index contributed by atoms with van der Waals surface area (Å²) >= 11 is 0. The average Bonchev–Trinajstić information content (AvgIpc) is 2.31. The zero-order valence-electron chi connectivity index (χ0n) is 12.6. The topological polar surface area (TPSA) is 106 Å². The van der Waals surface area contributed by atoms with E-state index < -0.39 is 27.4 Å². The Hall–Kier alpha value is -1.70. The molecule has 0 aliphatic carbocycles. The Kier molecular flexibility index (Phi) is 5.27. The normalized spacial score (nSPS) is 13.1. The van der Waals surface area contributed by atoms with E-state index in [1.165, 1.54) is 11.5 Å². The molecule has 0 saturated carbocycles. The van der Waals surface area contributed by atoms with Crippen molar-refractivity contribution in [1.29, 1.82) is 0 Å². The molecule has 0 spiro atoms. The molecule has 21 heavy (non-hydrogen) atoms. The molecule has 1 atom stereocenters. The molecule has 0 amide bonds. The van der Waals surface area contributed by atoms with Gasteiger partial charge in [-0.05, 0) is 27.2 Å². The van der Waals surface area contributed by atoms with Crippen molar-refractivity contribution in [3.05, 3.63) is 27.4 Å². The smallest absolute Gasteiger partial charge is 0.347 e. The van der Waals surface area contributed by atoms with Crippen LogP contribution in [0.5, 0.6) is 0 Å². The molecule has 0 aliphatic rings. The minimum absolute atomic E-state index is 0.0312. The zero-order valence-corrected chi connectivity index (χ0v) is 13.4. The number of sulfone groups is 1. The molecule has 118 valence electrons. The van der Waals surface area contributed by atoms with Crippen LogP contribution >= 0.6 is 0 Å². The zero-order chi connectivity index (χ0) is 16.4. The van der Waals surface area contributed by atoms with Gasteiger partial charge in [-0.2, -0.15) is 4.98 Å². The van der Waals surface area contributed by atoms with Gasteiger partial charge in [-0.25, -0.2) is 13.2 Å². The Morgan fingerprint density at radius 3 is 2.43 bits per heavy atom. The van der Waals surface area contributed by atoms with Crippen molar-refractivity contribution in [3.8, 4) is 0 Å². The highest BCUT2D eigenvalue weighted by Crippen LogP contribution is 2.21. The van der Waals surface area contributed by atoms with Crippen LogP contribution in [-0.2, 0) is 21.2 Å². The Balaban J connectivity index is 3.19. The van der Waals surface area contributed by atoms with E-state index in [1.54, 1.807) is 13.8 Å². The number of carbonyl (C=O) groups is 1. The quantitative estimate of drug-likeness (QED) is 0.818. The predicted molar refractivity (Wildman–Crippen MR) is 78.3 cm³/mol. The van der Waals surface area contributed by atoms with Gasteiger partial charge in [0.05, 0.1) is 11.7 Å². The number of nitrogens with zero attached hydrogens (tertiary/aromatic N) is 2. The van der Waals surface area contributed by atoms with Gasteiger partial charge in [0, 0.05) is 29.8 Å². The third-order valence-corrected chi connectivity index (χ3v) is 4.41. The van der Waals surface area contributed by atoms with E-state index in [4.69, 9.17) is 5.11 Å². The lowest BCUT2D eigenvalue weighted by atomic mass is 9.98. The van der Waals surface area contributed by atoms with Gasteiger partial charge in [-0.3, -0.25) is 9.36 Å². The van der Waals surface area contributed by atoms with E-state index in [9.17, 15) is 18.0 Å². The van der Waals surface area contributed by atoms with Crippen molar-refractivity contribution in [2.75, 3.05) is 12.0 Å². The fourth-order valence-electron chi connectivity index (χ4n) is 2.31. The van der Waals surface area contributed by atoms with Crippen LogP contribution in [0.25, 0.3) is 0 Å². The molecule has 1 aromatic heterocycles. The molecule has 0 fully saturated rings. The van der Waals surface area contributed by atoms with Crippen molar-refractivity contribution >= 4 is 15.8 Å². The fraction of sp³-hybridized carbons (Fsp3) is 0.615. The Bertz CT molecular complexity index is 706. The van der Waals surface area contributed by atoms with Crippen LogP contribution in [0.4, 0.5) is 0 Å². The molecule has 0 aromatic carbocycles. The molecule has 1 rings (SSSR count). The standard InChI is InChI=1S/C13H20N2O5S/c1-8(12(16)17)11-9(2)14-13(18)15(10(11)3)6-5-7-21(4,19)20/h8H,5-7H2,1-4H3,(H,16,17). The molecular weight excluding hydrogens is 296 g/mol. The molecule has 0 radical (unpaired) electrons. The molecule has 0 bridgehead atoms. The summed E-state index contributed by atoms with van der Waals surface area (Å²) in [6.45, 7) is 4.99. The number of rotatable bonds is 6. The van der Waals surface area contributed by atoms with E-state index in [-0.39, 0.29) is 18.7 Å². The summed E-state index contributed by atoms with van der Waals surface area (Å²) in [6, 6.07) is 0. The second kappa shape index (κ2) is 6.38. The van der Waals surface area contributed by atoms with E-state index >= 15 is 0 Å². The number of aromatic nitrogens is 2. The maximum atomic E-state index is 11.9. The summed E-state index contributed by atoms with van der Waals surface area (Å²) in [6.07, 6.45) is 1.42. The van der Waals surface area contributed by atoms with E-state index in [0.29, 0.717) is 17.0 Å². The maximum Gasteiger partial charge on any atom is 0.347 e. The highest BCUT2D eigenvalue weighted by atomic mass is 32.2. The molecule has 1 N–H and O–H groups in total. The van der Waals surface area contributed by atoms with Crippen molar-refractivity contribution in [2.24, 2.45) is 0 Å². The first kappa shape index (κ1) is 17.4. The monoisotopic (exact) mass is 316 g/mol. The Labute approximate surface area is 123 Å². The lowest BCUT2D eigenvalue weighted by molar-refractivity contribution is -0.138. The second-order valence-electron chi connectivity index (χ2n) is 5.17. The van der Waals surface area contributed by atoms with Gasteiger partial charge in [-0.15, -0.1) is 0 Å². The molecular formula is C13H20N2O5S. The molecule has 0 aliphatic heterocycles. The van der Waals surface area contributed by atoms with Crippen LogP contribution in [0, 0.1) is 13.8 Å². The largest absolute Gasteiger partial charge is 0.481 e. The highest BCUT2D eigenvalue weighted by molar-refractivity contribution is 7.90. The number of carboxylic acids is 1. The van der Waals surface area contributed by atoms with Gasteiger partial charge < -0.3 is 5.11 Å².